The number of nitrogens with zero attached hydrogens (tertiary/aromatic N) is 1. The van der Waals surface area contributed by atoms with Crippen molar-refractivity contribution in [2.45, 2.75) is 0 Å². The van der Waals surface area contributed by atoms with Crippen molar-refractivity contribution in [2.24, 2.45) is 0 Å². The molecule has 0 aliphatic heterocycles. The van der Waals surface area contributed by atoms with Crippen LogP contribution in [0.4, 0.5) is 9.80 Å². The average Bonchev–Trinajstić information content (AvgIpc) is 2.63. The highest BCUT2D eigenvalue weighted by Crippen LogP contribution is 2.33. The molecule has 0 spiro atoms. The average molecular weight is 259 g/mol. The summed E-state index contributed by atoms with van der Waals surface area (Å²) in [6.07, 6.45) is 1.72. The Labute approximate surface area is 100.0 Å². The normalized spacial score (nSPS) is 10.5. The van der Waals surface area contributed by atoms with Gasteiger partial charge in [-0.3, -0.25) is 4.79 Å². The molecule has 1 aromatic carbocycles. The van der Waals surface area contributed by atoms with Crippen molar-refractivity contribution in [3.05, 3.63) is 23.2 Å². The predicted molar refractivity (Wildman–Crippen MR) is 67.2 cm³/mol. The van der Waals surface area contributed by atoms with Crippen molar-refractivity contribution < 1.29 is 4.79 Å². The lowest BCUT2D eigenvalue weighted by Crippen LogP contribution is -2.02. The van der Waals surface area contributed by atoms with Crippen LogP contribution in [-0.2, 0) is 0 Å². The first-order chi connectivity index (χ1) is 7.22. The maximum atomic E-state index is 11.2. The SMILES string of the molecule is CSC(=O)Nc1snc2cccc(Cl)c12. The van der Waals surface area contributed by atoms with Crippen LogP contribution < -0.4 is 5.32 Å². The molecule has 0 aliphatic rings. The summed E-state index contributed by atoms with van der Waals surface area (Å²) >= 11 is 8.40. The Hall–Kier alpha value is -0.780. The maximum Gasteiger partial charge on any atom is 0.283 e. The summed E-state index contributed by atoms with van der Waals surface area (Å²) in [6.45, 7) is 0. The van der Waals surface area contributed by atoms with Gasteiger partial charge < -0.3 is 5.32 Å². The summed E-state index contributed by atoms with van der Waals surface area (Å²) < 4.78 is 4.20. The number of benzene rings is 1. The van der Waals surface area contributed by atoms with E-state index in [2.05, 4.69) is 9.69 Å². The molecule has 6 heteroatoms. The number of halogens is 1. The zero-order valence-electron chi connectivity index (χ0n) is 7.78. The van der Waals surface area contributed by atoms with E-state index in [0.29, 0.717) is 10.0 Å². The second-order valence-corrected chi connectivity index (χ2v) is 4.72. The zero-order valence-corrected chi connectivity index (χ0v) is 10.2. The number of aromatic nitrogens is 1. The molecule has 15 heavy (non-hydrogen) atoms. The fraction of sp³-hybridized carbons (Fsp3) is 0.111. The van der Waals surface area contributed by atoms with Gasteiger partial charge in [0.2, 0.25) is 0 Å². The molecule has 78 valence electrons. The Morgan fingerprint density at radius 3 is 3.13 bits per heavy atom. The monoisotopic (exact) mass is 258 g/mol. The molecule has 0 fully saturated rings. The Morgan fingerprint density at radius 2 is 2.40 bits per heavy atom. The molecule has 1 amide bonds. The van der Waals surface area contributed by atoms with Gasteiger partial charge in [-0.2, -0.15) is 4.37 Å². The number of amides is 1. The zero-order chi connectivity index (χ0) is 10.8. The first-order valence-corrected chi connectivity index (χ1v) is 6.49. The lowest BCUT2D eigenvalue weighted by atomic mass is 10.2. The highest BCUT2D eigenvalue weighted by atomic mass is 35.5. The fourth-order valence-corrected chi connectivity index (χ4v) is 2.56. The topological polar surface area (TPSA) is 42.0 Å². The molecule has 0 saturated carbocycles. The van der Waals surface area contributed by atoms with Crippen molar-refractivity contribution in [3.63, 3.8) is 0 Å². The lowest BCUT2D eigenvalue weighted by Gasteiger charge is -2.00. The van der Waals surface area contributed by atoms with Crippen molar-refractivity contribution in [1.29, 1.82) is 0 Å². The summed E-state index contributed by atoms with van der Waals surface area (Å²) in [5.74, 6) is 0. The van der Waals surface area contributed by atoms with Gasteiger partial charge >= 0.3 is 0 Å². The Morgan fingerprint density at radius 1 is 1.60 bits per heavy atom. The maximum absolute atomic E-state index is 11.2. The molecule has 0 bridgehead atoms. The minimum atomic E-state index is -0.111. The molecule has 1 aromatic heterocycles. The largest absolute Gasteiger partial charge is 0.307 e. The molecule has 0 radical (unpaired) electrons. The molecule has 0 atom stereocenters. The second kappa shape index (κ2) is 4.38. The minimum Gasteiger partial charge on any atom is -0.307 e. The van der Waals surface area contributed by atoms with Gasteiger partial charge in [0.05, 0.1) is 15.9 Å². The van der Waals surface area contributed by atoms with E-state index >= 15 is 0 Å². The molecule has 0 saturated heterocycles. The van der Waals surface area contributed by atoms with E-state index in [1.165, 1.54) is 11.5 Å². The Balaban J connectivity index is 2.48. The molecule has 2 rings (SSSR count). The summed E-state index contributed by atoms with van der Waals surface area (Å²) in [5, 5.41) is 4.76. The number of carbonyl (C=O) groups is 1. The quantitative estimate of drug-likeness (QED) is 0.845. The van der Waals surface area contributed by atoms with E-state index in [4.69, 9.17) is 11.6 Å². The van der Waals surface area contributed by atoms with Crippen LogP contribution >= 0.6 is 34.9 Å². The molecule has 0 aliphatic carbocycles. The molecule has 1 N–H and O–H groups in total. The second-order valence-electron chi connectivity index (χ2n) is 2.76. The standard InChI is InChI=1S/C9H7ClN2OS2/c1-14-9(13)11-8-7-5(10)3-2-4-6(7)12-15-8/h2-4H,1H3,(H,11,13). The van der Waals surface area contributed by atoms with Crippen molar-refractivity contribution in [1.82, 2.24) is 4.37 Å². The minimum absolute atomic E-state index is 0.111. The van der Waals surface area contributed by atoms with Crippen LogP contribution in [-0.4, -0.2) is 15.9 Å². The summed E-state index contributed by atoms with van der Waals surface area (Å²) in [6, 6.07) is 5.49. The summed E-state index contributed by atoms with van der Waals surface area (Å²) in [4.78, 5) is 11.2. The highest BCUT2D eigenvalue weighted by molar-refractivity contribution is 8.13. The van der Waals surface area contributed by atoms with Gasteiger partial charge in [0.15, 0.2) is 0 Å². The predicted octanol–water partition coefficient (Wildman–Crippen LogP) is 3.84. The van der Waals surface area contributed by atoms with Crippen LogP contribution in [0.15, 0.2) is 18.2 Å². The van der Waals surface area contributed by atoms with Gasteiger partial charge in [-0.15, -0.1) is 0 Å². The van der Waals surface area contributed by atoms with E-state index in [1.54, 1.807) is 12.3 Å². The Bertz CT molecular complexity index is 512. The van der Waals surface area contributed by atoms with E-state index in [9.17, 15) is 4.79 Å². The number of carbonyl (C=O) groups excluding carboxylic acids is 1. The van der Waals surface area contributed by atoms with E-state index in [0.717, 1.165) is 22.7 Å². The van der Waals surface area contributed by atoms with Gasteiger partial charge in [0.25, 0.3) is 5.24 Å². The van der Waals surface area contributed by atoms with Gasteiger partial charge in [0.1, 0.15) is 5.00 Å². The highest BCUT2D eigenvalue weighted by Gasteiger charge is 2.11. The van der Waals surface area contributed by atoms with Crippen molar-refractivity contribution in [3.8, 4) is 0 Å². The van der Waals surface area contributed by atoms with Gasteiger partial charge in [-0.05, 0) is 29.9 Å². The van der Waals surface area contributed by atoms with Crippen LogP contribution in [0.5, 0.6) is 0 Å². The Kier molecular flexibility index (Phi) is 3.14. The molecule has 3 nitrogen and oxygen atoms in total. The number of nitrogens with one attached hydrogen (secondary N) is 1. The van der Waals surface area contributed by atoms with Gasteiger partial charge in [-0.1, -0.05) is 29.4 Å². The molecule has 2 aromatic rings. The number of anilines is 1. The molecule has 0 unspecified atom stereocenters. The summed E-state index contributed by atoms with van der Waals surface area (Å²) in [7, 11) is 0. The smallest absolute Gasteiger partial charge is 0.283 e. The van der Waals surface area contributed by atoms with Crippen molar-refractivity contribution >= 4 is 56.0 Å². The van der Waals surface area contributed by atoms with Crippen LogP contribution in [0.1, 0.15) is 0 Å². The third-order valence-corrected chi connectivity index (χ3v) is 3.42. The number of hydrogen-bond donors (Lipinski definition) is 1. The number of fused-ring (bicyclic) bond motifs is 1. The first kappa shape index (κ1) is 10.7. The number of hydrogen-bond acceptors (Lipinski definition) is 4. The third kappa shape index (κ3) is 2.09. The molecule has 1 heterocycles. The van der Waals surface area contributed by atoms with E-state index in [-0.39, 0.29) is 5.24 Å². The summed E-state index contributed by atoms with van der Waals surface area (Å²) in [5.41, 5.74) is 0.809. The van der Waals surface area contributed by atoms with Crippen LogP contribution in [0, 0.1) is 0 Å². The number of thioether (sulfide) groups is 1. The van der Waals surface area contributed by atoms with E-state index < -0.39 is 0 Å². The van der Waals surface area contributed by atoms with Crippen LogP contribution in [0.25, 0.3) is 10.9 Å². The van der Waals surface area contributed by atoms with Crippen molar-refractivity contribution in [2.75, 3.05) is 11.6 Å². The lowest BCUT2D eigenvalue weighted by molar-refractivity contribution is 0.270. The molecular formula is C9H7ClN2OS2. The molecular weight excluding hydrogens is 252 g/mol. The van der Waals surface area contributed by atoms with Gasteiger partial charge in [0, 0.05) is 0 Å². The fourth-order valence-electron chi connectivity index (χ4n) is 1.18. The first-order valence-electron chi connectivity index (χ1n) is 4.11. The number of rotatable bonds is 1. The van der Waals surface area contributed by atoms with Crippen LogP contribution in [0.3, 0.4) is 0 Å². The van der Waals surface area contributed by atoms with E-state index in [1.807, 2.05) is 12.1 Å². The van der Waals surface area contributed by atoms with Crippen LogP contribution in [0.2, 0.25) is 5.02 Å². The van der Waals surface area contributed by atoms with Gasteiger partial charge in [-0.25, -0.2) is 0 Å². The third-order valence-electron chi connectivity index (χ3n) is 1.85.